The summed E-state index contributed by atoms with van der Waals surface area (Å²) in [6.07, 6.45) is 7.70. The first-order chi connectivity index (χ1) is 20.4. The summed E-state index contributed by atoms with van der Waals surface area (Å²) in [5.74, 6) is 0.835. The highest BCUT2D eigenvalue weighted by atomic mass is 16.5. The van der Waals surface area contributed by atoms with Crippen LogP contribution in [0, 0.1) is 56.2 Å². The number of hydrogen-bond donors (Lipinski definition) is 5. The maximum atomic E-state index is 12.9. The van der Waals surface area contributed by atoms with Gasteiger partial charge < -0.3 is 30.3 Å². The Morgan fingerprint density at radius 2 is 1.50 bits per heavy atom. The Labute approximate surface area is 264 Å². The molecule has 13 atom stereocenters. The maximum absolute atomic E-state index is 12.9. The third-order valence-corrected chi connectivity index (χ3v) is 15.8. The first-order valence-corrected chi connectivity index (χ1v) is 17.6. The molecule has 250 valence electrons. The molecule has 1 heterocycles. The lowest BCUT2D eigenvalue weighted by Gasteiger charge is -2.71. The summed E-state index contributed by atoms with van der Waals surface area (Å²) < 4.78 is 5.99. The summed E-state index contributed by atoms with van der Waals surface area (Å²) in [5.41, 5.74) is 1.24. The van der Waals surface area contributed by atoms with Crippen LogP contribution in [0.5, 0.6) is 0 Å². The molecule has 6 aliphatic rings. The molecule has 7 heteroatoms. The molecule has 6 rings (SSSR count). The van der Waals surface area contributed by atoms with Crippen molar-refractivity contribution < 1.29 is 35.1 Å². The van der Waals surface area contributed by atoms with Gasteiger partial charge in [-0.25, -0.2) is 0 Å². The molecule has 7 nitrogen and oxygen atoms in total. The van der Waals surface area contributed by atoms with Gasteiger partial charge in [-0.2, -0.15) is 0 Å². The topological polar surface area (TPSA) is 127 Å². The molecule has 0 aromatic carbocycles. The van der Waals surface area contributed by atoms with Crippen LogP contribution < -0.4 is 0 Å². The first-order valence-electron chi connectivity index (χ1n) is 17.6. The number of hydrogen-bond acceptors (Lipinski definition) is 6. The number of carboxylic acid groups (broad SMARTS) is 1. The SMILES string of the molecule is CC1(C)CC[C@]2(C(=O)O)CC[C@]3(C)C(=CCC4[C@@]5(C)CC[C@@H](C[C@@H]6OC(CO)[C@H](O)C(O)[C@@H]6O)C(C)(C)C5CC[C@]43C)C2C1. The molecule has 0 aromatic rings. The van der Waals surface area contributed by atoms with Crippen molar-refractivity contribution in [2.75, 3.05) is 6.61 Å². The molecule has 1 saturated heterocycles. The Morgan fingerprint density at radius 1 is 0.841 bits per heavy atom. The lowest BCUT2D eigenvalue weighted by Crippen LogP contribution is -2.65. The van der Waals surface area contributed by atoms with Crippen LogP contribution in [-0.2, 0) is 9.53 Å². The van der Waals surface area contributed by atoms with E-state index in [0.717, 1.165) is 64.2 Å². The monoisotopic (exact) mass is 616 g/mol. The second kappa shape index (κ2) is 10.5. The number of carbonyl (C=O) groups is 1. The zero-order chi connectivity index (χ0) is 32.3. The van der Waals surface area contributed by atoms with Crippen LogP contribution in [0.3, 0.4) is 0 Å². The normalized spacial score (nSPS) is 52.9. The van der Waals surface area contributed by atoms with Crippen molar-refractivity contribution in [3.63, 3.8) is 0 Å². The molecule has 44 heavy (non-hydrogen) atoms. The van der Waals surface area contributed by atoms with E-state index in [1.54, 1.807) is 0 Å². The molecule has 5 unspecified atom stereocenters. The molecule has 4 saturated carbocycles. The van der Waals surface area contributed by atoms with Gasteiger partial charge in [-0.1, -0.05) is 60.1 Å². The molecule has 1 aliphatic heterocycles. The summed E-state index contributed by atoms with van der Waals surface area (Å²) in [6.45, 7) is 16.6. The number of aliphatic hydroxyl groups is 4. The van der Waals surface area contributed by atoms with Crippen molar-refractivity contribution in [1.29, 1.82) is 0 Å². The standard InChI is InChI=1S/C37H60O7/c1-32(2)14-16-37(31(42)43)17-15-35(6)22(23(37)19-32)8-9-27-34(5)12-10-21(33(3,4)26(34)11-13-36(27,35)7)18-24-28(39)30(41)29(40)25(20-38)44-24/h8,21,23-30,38-41H,9-20H2,1-7H3,(H,42,43)/t21-,23?,24-,25?,26?,27?,28+,29-,30?,34-,35+,36+,37-/m0/s1. The highest BCUT2D eigenvalue weighted by molar-refractivity contribution is 5.76. The molecule has 0 spiro atoms. The van der Waals surface area contributed by atoms with E-state index in [2.05, 4.69) is 54.5 Å². The smallest absolute Gasteiger partial charge is 0.310 e. The minimum atomic E-state index is -1.33. The minimum Gasteiger partial charge on any atom is -0.481 e. The zero-order valence-corrected chi connectivity index (χ0v) is 28.3. The van der Waals surface area contributed by atoms with Crippen molar-refractivity contribution in [2.24, 2.45) is 56.2 Å². The highest BCUT2D eigenvalue weighted by Gasteiger charge is 2.69. The molecule has 5 N–H and O–H groups in total. The van der Waals surface area contributed by atoms with Crippen molar-refractivity contribution in [3.05, 3.63) is 11.6 Å². The fourth-order valence-electron chi connectivity index (χ4n) is 12.8. The average Bonchev–Trinajstić information content (AvgIpc) is 2.94. The van der Waals surface area contributed by atoms with E-state index in [9.17, 15) is 30.3 Å². The van der Waals surface area contributed by atoms with E-state index in [-0.39, 0.29) is 38.9 Å². The van der Waals surface area contributed by atoms with Crippen LogP contribution in [-0.4, -0.2) is 68.6 Å². The van der Waals surface area contributed by atoms with Crippen molar-refractivity contribution in [3.8, 4) is 0 Å². The summed E-state index contributed by atoms with van der Waals surface area (Å²) in [6, 6.07) is 0. The molecule has 0 aromatic heterocycles. The molecular weight excluding hydrogens is 556 g/mol. The number of carboxylic acids is 1. The van der Waals surface area contributed by atoms with Crippen LogP contribution in [0.1, 0.15) is 119 Å². The summed E-state index contributed by atoms with van der Waals surface area (Å²) >= 11 is 0. The van der Waals surface area contributed by atoms with Crippen LogP contribution in [0.25, 0.3) is 0 Å². The van der Waals surface area contributed by atoms with Gasteiger partial charge in [-0.15, -0.1) is 0 Å². The fraction of sp³-hybridized carbons (Fsp3) is 0.919. The Morgan fingerprint density at radius 3 is 2.16 bits per heavy atom. The van der Waals surface area contributed by atoms with Gasteiger partial charge in [0.1, 0.15) is 24.4 Å². The van der Waals surface area contributed by atoms with Crippen LogP contribution >= 0.6 is 0 Å². The zero-order valence-electron chi connectivity index (χ0n) is 28.3. The third-order valence-electron chi connectivity index (χ3n) is 15.8. The van der Waals surface area contributed by atoms with E-state index in [1.165, 1.54) is 5.57 Å². The van der Waals surface area contributed by atoms with E-state index in [1.807, 2.05) is 0 Å². The van der Waals surface area contributed by atoms with E-state index in [0.29, 0.717) is 18.3 Å². The summed E-state index contributed by atoms with van der Waals surface area (Å²) in [7, 11) is 0. The summed E-state index contributed by atoms with van der Waals surface area (Å²) in [4.78, 5) is 12.9. The van der Waals surface area contributed by atoms with Gasteiger partial charge >= 0.3 is 5.97 Å². The van der Waals surface area contributed by atoms with Gasteiger partial charge in [0, 0.05) is 0 Å². The van der Waals surface area contributed by atoms with Gasteiger partial charge in [-0.05, 0) is 121 Å². The van der Waals surface area contributed by atoms with Gasteiger partial charge in [0.2, 0.25) is 0 Å². The highest BCUT2D eigenvalue weighted by Crippen LogP contribution is 2.76. The second-order valence-corrected chi connectivity index (χ2v) is 18.3. The lowest BCUT2D eigenvalue weighted by atomic mass is 9.33. The first kappa shape index (κ1) is 32.9. The van der Waals surface area contributed by atoms with Crippen LogP contribution in [0.4, 0.5) is 0 Å². The number of rotatable bonds is 4. The predicted octanol–water partition coefficient (Wildman–Crippen LogP) is 5.72. The average molecular weight is 617 g/mol. The maximum Gasteiger partial charge on any atom is 0.310 e. The third kappa shape index (κ3) is 4.41. The molecule has 5 fully saturated rings. The van der Waals surface area contributed by atoms with E-state index in [4.69, 9.17) is 4.74 Å². The number of fused-ring (bicyclic) bond motifs is 7. The summed E-state index contributed by atoms with van der Waals surface area (Å²) in [5, 5.41) is 52.0. The minimum absolute atomic E-state index is 0.00173. The number of aliphatic carboxylic acids is 1. The van der Waals surface area contributed by atoms with Crippen LogP contribution in [0.2, 0.25) is 0 Å². The van der Waals surface area contributed by atoms with Crippen molar-refractivity contribution >= 4 is 5.97 Å². The van der Waals surface area contributed by atoms with E-state index >= 15 is 0 Å². The van der Waals surface area contributed by atoms with Gasteiger partial charge in [0.15, 0.2) is 0 Å². The predicted molar refractivity (Wildman–Crippen MR) is 169 cm³/mol. The molecular formula is C37H60O7. The number of ether oxygens (including phenoxy) is 1. The van der Waals surface area contributed by atoms with Gasteiger partial charge in [-0.3, -0.25) is 4.79 Å². The molecule has 0 bridgehead atoms. The van der Waals surface area contributed by atoms with Crippen LogP contribution in [0.15, 0.2) is 11.6 Å². The Kier molecular flexibility index (Phi) is 7.86. The second-order valence-electron chi connectivity index (χ2n) is 18.3. The van der Waals surface area contributed by atoms with E-state index < -0.39 is 48.5 Å². The van der Waals surface area contributed by atoms with Crippen molar-refractivity contribution in [2.45, 2.75) is 150 Å². The Bertz CT molecular complexity index is 1180. The number of aliphatic hydroxyl groups excluding tert-OH is 4. The molecule has 0 radical (unpaired) electrons. The quantitative estimate of drug-likeness (QED) is 0.256. The van der Waals surface area contributed by atoms with Gasteiger partial charge in [0.25, 0.3) is 0 Å². The molecule has 0 amide bonds. The lowest BCUT2D eigenvalue weighted by molar-refractivity contribution is -0.241. The Hall–Kier alpha value is -0.990. The van der Waals surface area contributed by atoms with Crippen molar-refractivity contribution in [1.82, 2.24) is 0 Å². The largest absolute Gasteiger partial charge is 0.481 e. The number of allylic oxidation sites excluding steroid dienone is 2. The fourth-order valence-corrected chi connectivity index (χ4v) is 12.8. The molecule has 5 aliphatic carbocycles. The van der Waals surface area contributed by atoms with Gasteiger partial charge in [0.05, 0.1) is 18.1 Å². The Balaban J connectivity index is 1.29.